The molecule has 0 aliphatic heterocycles. The summed E-state index contributed by atoms with van der Waals surface area (Å²) in [5.74, 6) is -10.5. The van der Waals surface area contributed by atoms with Crippen LogP contribution in [0.15, 0.2) is 30.3 Å². The topological polar surface area (TPSA) is 351 Å². The Morgan fingerprint density at radius 1 is 0.567 bits per heavy atom. The number of aliphatic hydroxyl groups excluding tert-OH is 1. The summed E-state index contributed by atoms with van der Waals surface area (Å²) in [6.07, 6.45) is -0.247. The van der Waals surface area contributed by atoms with Crippen molar-refractivity contribution in [2.24, 2.45) is 35.1 Å². The number of carbonyl (C=O) groups is 9. The third-order valence-corrected chi connectivity index (χ3v) is 11.5. The molecule has 0 bridgehead atoms. The number of unbranched alkanes of at least 4 members (excludes halogenated alkanes) is 1. The van der Waals surface area contributed by atoms with Crippen LogP contribution < -0.4 is 48.7 Å². The Bertz CT molecular complexity index is 1800. The molecule has 0 saturated heterocycles. The van der Waals surface area contributed by atoms with Crippen molar-refractivity contribution in [2.75, 3.05) is 6.54 Å². The molecule has 0 spiro atoms. The number of carboxylic acids is 2. The van der Waals surface area contributed by atoms with Gasteiger partial charge < -0.3 is 64.0 Å². The third-order valence-electron chi connectivity index (χ3n) is 11.5. The Morgan fingerprint density at radius 3 is 1.49 bits per heavy atom. The normalized spacial score (nSPS) is 16.3. The smallest absolute Gasteiger partial charge is 0.326 e. The van der Waals surface area contributed by atoms with E-state index in [1.165, 1.54) is 6.92 Å². The van der Waals surface area contributed by atoms with Crippen LogP contribution in [0.5, 0.6) is 0 Å². The molecule has 0 aliphatic rings. The van der Waals surface area contributed by atoms with Crippen LogP contribution in [0.2, 0.25) is 0 Å². The van der Waals surface area contributed by atoms with Crippen molar-refractivity contribution in [1.29, 1.82) is 0 Å². The second-order valence-electron chi connectivity index (χ2n) is 18.0. The van der Waals surface area contributed by atoms with Crippen LogP contribution >= 0.6 is 0 Å². The van der Waals surface area contributed by atoms with Crippen LogP contribution in [-0.2, 0) is 49.6 Å². The number of carbonyl (C=O) groups excluding carboxylic acids is 7. The summed E-state index contributed by atoms with van der Waals surface area (Å²) in [6, 6.07) is -2.37. The summed E-state index contributed by atoms with van der Waals surface area (Å²) in [5, 5.41) is 47.9. The lowest BCUT2D eigenvalue weighted by molar-refractivity contribution is -0.144. The van der Waals surface area contributed by atoms with Gasteiger partial charge in [0.15, 0.2) is 0 Å². The molecule has 378 valence electrons. The van der Waals surface area contributed by atoms with Gasteiger partial charge in [-0.2, -0.15) is 0 Å². The van der Waals surface area contributed by atoms with Crippen LogP contribution in [0.3, 0.4) is 0 Å². The molecule has 1 aromatic carbocycles. The first-order valence-corrected chi connectivity index (χ1v) is 23.1. The van der Waals surface area contributed by atoms with Crippen LogP contribution in [0.4, 0.5) is 0 Å². The minimum Gasteiger partial charge on any atom is -0.481 e. The van der Waals surface area contributed by atoms with Gasteiger partial charge in [0.2, 0.25) is 41.4 Å². The minimum atomic E-state index is -1.73. The third kappa shape index (κ3) is 20.8. The second kappa shape index (κ2) is 29.9. The number of hydrogen-bond donors (Lipinski definition) is 12. The van der Waals surface area contributed by atoms with E-state index < -0.39 is 132 Å². The highest BCUT2D eigenvalue weighted by Crippen LogP contribution is 2.15. The predicted octanol–water partition coefficient (Wildman–Crippen LogP) is -0.187. The number of nitrogens with two attached hydrogens (primary N) is 2. The maximum absolute atomic E-state index is 14.2. The number of benzene rings is 1. The fourth-order valence-electron chi connectivity index (χ4n) is 6.92. The zero-order valence-corrected chi connectivity index (χ0v) is 40.4. The van der Waals surface area contributed by atoms with Crippen molar-refractivity contribution < 1.29 is 58.5 Å². The summed E-state index contributed by atoms with van der Waals surface area (Å²) in [5.41, 5.74) is 12.2. The fourth-order valence-corrected chi connectivity index (χ4v) is 6.92. The molecule has 1 rings (SSSR count). The predicted molar refractivity (Wildman–Crippen MR) is 249 cm³/mol. The molecule has 0 heterocycles. The van der Waals surface area contributed by atoms with E-state index >= 15 is 0 Å². The quantitative estimate of drug-likeness (QED) is 0.0430. The highest BCUT2D eigenvalue weighted by Gasteiger charge is 2.38. The number of nitrogens with one attached hydrogen (secondary N) is 7. The number of aliphatic carboxylic acids is 2. The van der Waals surface area contributed by atoms with E-state index in [4.69, 9.17) is 11.5 Å². The van der Waals surface area contributed by atoms with Gasteiger partial charge in [-0.15, -0.1) is 0 Å². The van der Waals surface area contributed by atoms with E-state index in [1.807, 2.05) is 0 Å². The molecular formula is C46H77N9O12. The lowest BCUT2D eigenvalue weighted by Gasteiger charge is -2.31. The monoisotopic (exact) mass is 948 g/mol. The van der Waals surface area contributed by atoms with Crippen molar-refractivity contribution in [3.05, 3.63) is 35.9 Å². The standard InChI is InChI=1S/C46H77N9O12/c1-10-26(7)36(43(63)50-32(23-34(57)58)40(60)51-33(46(66)67)21-24(3)4)53-41(61)31(22-29-17-13-12-14-18-29)49-45(65)38(28(9)56)55-44(64)37(27(8)11-2)54-42(62)35(25(5)6)52-39(59)30(48)19-15-16-20-47/h12-14,17-18,24-28,30-33,35-38,56H,10-11,15-16,19-23,47-48H2,1-9H3,(H,49,65)(H,50,63)(H,51,60)(H,52,59)(H,53,61)(H,54,62)(H,55,64)(H,57,58)(H,66,67)/t26-,27-,28+,30-,31-,32-,33-,35-,36-,37-,38-/m0/s1. The molecule has 0 fully saturated rings. The van der Waals surface area contributed by atoms with E-state index in [-0.39, 0.29) is 18.8 Å². The summed E-state index contributed by atoms with van der Waals surface area (Å²) < 4.78 is 0. The summed E-state index contributed by atoms with van der Waals surface area (Å²) in [7, 11) is 0. The summed E-state index contributed by atoms with van der Waals surface area (Å²) >= 11 is 0. The Hall–Kier alpha value is -5.67. The molecule has 21 nitrogen and oxygen atoms in total. The van der Waals surface area contributed by atoms with Gasteiger partial charge in [0.05, 0.1) is 18.6 Å². The Morgan fingerprint density at radius 2 is 1.01 bits per heavy atom. The highest BCUT2D eigenvalue weighted by atomic mass is 16.4. The highest BCUT2D eigenvalue weighted by molar-refractivity contribution is 5.98. The van der Waals surface area contributed by atoms with Gasteiger partial charge in [-0.3, -0.25) is 38.4 Å². The van der Waals surface area contributed by atoms with Crippen LogP contribution in [0.25, 0.3) is 0 Å². The average Bonchev–Trinajstić information content (AvgIpc) is 3.26. The molecule has 0 unspecified atom stereocenters. The molecule has 11 atom stereocenters. The van der Waals surface area contributed by atoms with Crippen LogP contribution in [-0.4, -0.2) is 130 Å². The largest absolute Gasteiger partial charge is 0.481 e. The van der Waals surface area contributed by atoms with E-state index in [9.17, 15) is 58.5 Å². The van der Waals surface area contributed by atoms with Crippen LogP contribution in [0.1, 0.15) is 113 Å². The van der Waals surface area contributed by atoms with Crippen molar-refractivity contribution >= 4 is 53.3 Å². The molecule has 1 aromatic rings. The Kier molecular flexibility index (Phi) is 26.5. The molecule has 21 heteroatoms. The summed E-state index contributed by atoms with van der Waals surface area (Å²) in [6.45, 7) is 15.4. The van der Waals surface area contributed by atoms with Gasteiger partial charge in [0.25, 0.3) is 0 Å². The van der Waals surface area contributed by atoms with Gasteiger partial charge in [-0.25, -0.2) is 4.79 Å². The minimum absolute atomic E-state index is 0.0236. The molecule has 0 radical (unpaired) electrons. The number of amides is 7. The molecule has 0 aliphatic carbocycles. The average molecular weight is 948 g/mol. The van der Waals surface area contributed by atoms with E-state index in [2.05, 4.69) is 37.2 Å². The number of aliphatic hydroxyl groups is 1. The van der Waals surface area contributed by atoms with Crippen molar-refractivity contribution in [2.45, 2.75) is 168 Å². The number of hydrogen-bond acceptors (Lipinski definition) is 12. The molecule has 14 N–H and O–H groups in total. The zero-order chi connectivity index (χ0) is 51.1. The first-order valence-electron chi connectivity index (χ1n) is 23.1. The molecule has 0 aromatic heterocycles. The van der Waals surface area contributed by atoms with Gasteiger partial charge >= 0.3 is 11.9 Å². The van der Waals surface area contributed by atoms with Gasteiger partial charge in [0, 0.05) is 6.42 Å². The SMILES string of the molecule is CC[C@H](C)[C@H](NC(=O)[C@H](Cc1ccccc1)NC(=O)[C@@H](NC(=O)[C@@H](NC(=O)[C@@H](NC(=O)[C@@H](N)CCCCN)C(C)C)[C@@H](C)CC)[C@@H](C)O)C(=O)N[C@@H](CC(=O)O)C(=O)N[C@@H](CC(C)C)C(=O)O. The van der Waals surface area contributed by atoms with E-state index in [1.54, 1.807) is 85.7 Å². The summed E-state index contributed by atoms with van der Waals surface area (Å²) in [4.78, 5) is 120. The van der Waals surface area contributed by atoms with Gasteiger partial charge in [-0.1, -0.05) is 105 Å². The lowest BCUT2D eigenvalue weighted by Crippen LogP contribution is -2.63. The molecule has 7 amide bonds. The number of rotatable bonds is 31. The molecule has 67 heavy (non-hydrogen) atoms. The maximum Gasteiger partial charge on any atom is 0.326 e. The molecule has 0 saturated carbocycles. The Balaban J connectivity index is 3.48. The fraction of sp³-hybridized carbons (Fsp3) is 0.674. The first kappa shape index (κ1) is 59.3. The Labute approximate surface area is 393 Å². The van der Waals surface area contributed by atoms with Crippen molar-refractivity contribution in [3.63, 3.8) is 0 Å². The maximum atomic E-state index is 14.2. The lowest BCUT2D eigenvalue weighted by atomic mass is 9.95. The zero-order valence-electron chi connectivity index (χ0n) is 40.4. The number of carboxylic acid groups (broad SMARTS) is 2. The molecular weight excluding hydrogens is 871 g/mol. The van der Waals surface area contributed by atoms with E-state index in [0.717, 1.165) is 0 Å². The first-order chi connectivity index (χ1) is 31.4. The second-order valence-corrected chi connectivity index (χ2v) is 18.0. The van der Waals surface area contributed by atoms with Gasteiger partial charge in [-0.05, 0) is 62.0 Å². The van der Waals surface area contributed by atoms with Gasteiger partial charge in [0.1, 0.15) is 42.3 Å². The van der Waals surface area contributed by atoms with E-state index in [0.29, 0.717) is 44.2 Å². The van der Waals surface area contributed by atoms with Crippen molar-refractivity contribution in [3.8, 4) is 0 Å². The van der Waals surface area contributed by atoms with Crippen molar-refractivity contribution in [1.82, 2.24) is 37.2 Å². The van der Waals surface area contributed by atoms with Crippen LogP contribution in [0, 0.1) is 23.7 Å².